The van der Waals surface area contributed by atoms with Gasteiger partial charge in [-0.25, -0.2) is 9.48 Å². The Morgan fingerprint density at radius 2 is 1.87 bits per heavy atom. The number of anilines is 1. The van der Waals surface area contributed by atoms with Crippen molar-refractivity contribution in [2.24, 2.45) is 0 Å². The van der Waals surface area contributed by atoms with Crippen molar-refractivity contribution in [1.82, 2.24) is 9.78 Å². The van der Waals surface area contributed by atoms with E-state index in [-0.39, 0.29) is 5.69 Å². The zero-order chi connectivity index (χ0) is 22.0. The molecule has 156 valence electrons. The Hall–Kier alpha value is -3.93. The van der Waals surface area contributed by atoms with Crippen molar-refractivity contribution in [3.63, 3.8) is 0 Å². The number of rotatable bonds is 6. The summed E-state index contributed by atoms with van der Waals surface area (Å²) in [5, 5.41) is 13.9. The average Bonchev–Trinajstić information content (AvgIpc) is 3.16. The molecule has 1 atom stereocenters. The highest BCUT2D eigenvalue weighted by Gasteiger charge is 2.38. The molecule has 6 nitrogen and oxygen atoms in total. The highest BCUT2D eigenvalue weighted by molar-refractivity contribution is 5.91. The van der Waals surface area contributed by atoms with Gasteiger partial charge in [0.1, 0.15) is 6.29 Å². The molecular formula is C25H23N3O3. The smallest absolute Gasteiger partial charge is 0.357 e. The van der Waals surface area contributed by atoms with Gasteiger partial charge in [0, 0.05) is 43.4 Å². The van der Waals surface area contributed by atoms with Gasteiger partial charge in [-0.1, -0.05) is 54.6 Å². The Balaban J connectivity index is 1.95. The minimum absolute atomic E-state index is 0.0227. The van der Waals surface area contributed by atoms with Crippen molar-refractivity contribution in [1.29, 1.82) is 0 Å². The van der Waals surface area contributed by atoms with E-state index in [4.69, 9.17) is 0 Å². The molecule has 1 aromatic heterocycles. The van der Waals surface area contributed by atoms with Crippen LogP contribution in [0.15, 0.2) is 66.7 Å². The van der Waals surface area contributed by atoms with Crippen molar-refractivity contribution in [2.45, 2.75) is 11.8 Å². The Kier molecular flexibility index (Phi) is 5.29. The molecule has 1 aliphatic carbocycles. The fourth-order valence-electron chi connectivity index (χ4n) is 4.14. The van der Waals surface area contributed by atoms with E-state index in [0.29, 0.717) is 18.3 Å². The van der Waals surface area contributed by atoms with Gasteiger partial charge in [-0.15, -0.1) is 0 Å². The summed E-state index contributed by atoms with van der Waals surface area (Å²) in [6.07, 6.45) is 7.89. The lowest BCUT2D eigenvalue weighted by Gasteiger charge is -2.35. The number of aromatic nitrogens is 2. The first-order valence-electron chi connectivity index (χ1n) is 9.95. The van der Waals surface area contributed by atoms with Crippen molar-refractivity contribution in [2.75, 3.05) is 19.0 Å². The first-order chi connectivity index (χ1) is 15.0. The number of benzene rings is 2. The fourth-order valence-corrected chi connectivity index (χ4v) is 4.14. The van der Waals surface area contributed by atoms with Crippen LogP contribution in [0.25, 0.3) is 12.3 Å². The highest BCUT2D eigenvalue weighted by atomic mass is 16.4. The van der Waals surface area contributed by atoms with Gasteiger partial charge < -0.3 is 10.0 Å². The molecule has 0 fully saturated rings. The molecule has 4 rings (SSSR count). The molecule has 31 heavy (non-hydrogen) atoms. The first-order valence-corrected chi connectivity index (χ1v) is 9.95. The van der Waals surface area contributed by atoms with Crippen LogP contribution in [-0.4, -0.2) is 41.2 Å². The Labute approximate surface area is 180 Å². The van der Waals surface area contributed by atoms with Gasteiger partial charge in [-0.3, -0.25) is 4.79 Å². The number of nitrogens with zero attached hydrogens (tertiary/aromatic N) is 3. The van der Waals surface area contributed by atoms with E-state index in [9.17, 15) is 14.7 Å². The quantitative estimate of drug-likeness (QED) is 0.490. The van der Waals surface area contributed by atoms with E-state index >= 15 is 0 Å². The third kappa shape index (κ3) is 3.57. The van der Waals surface area contributed by atoms with Gasteiger partial charge in [0.15, 0.2) is 5.69 Å². The van der Waals surface area contributed by atoms with Gasteiger partial charge in [0.25, 0.3) is 0 Å². The number of hydrogen-bond acceptors (Lipinski definition) is 4. The minimum Gasteiger partial charge on any atom is -0.476 e. The van der Waals surface area contributed by atoms with Crippen LogP contribution >= 0.6 is 0 Å². The summed E-state index contributed by atoms with van der Waals surface area (Å²) in [5.74, 6) is -1.10. The highest BCUT2D eigenvalue weighted by Crippen LogP contribution is 2.43. The summed E-state index contributed by atoms with van der Waals surface area (Å²) in [6.45, 7) is 0. The third-order valence-electron chi connectivity index (χ3n) is 5.71. The van der Waals surface area contributed by atoms with E-state index in [2.05, 4.69) is 46.4 Å². The Morgan fingerprint density at radius 3 is 2.55 bits per heavy atom. The number of allylic oxidation sites excluding steroid dienone is 2. The molecular weight excluding hydrogens is 390 g/mol. The molecule has 2 aromatic carbocycles. The predicted molar refractivity (Wildman–Crippen MR) is 121 cm³/mol. The SMILES string of the molecule is CN(C)c1cccc(C2(c3ccccc3)C=Cc3c(C(=O)O)nn(C=CC=O)c3C2)c1. The van der Waals surface area contributed by atoms with Crippen molar-refractivity contribution < 1.29 is 14.7 Å². The molecule has 0 spiro atoms. The lowest BCUT2D eigenvalue weighted by Crippen LogP contribution is -2.31. The van der Waals surface area contributed by atoms with Gasteiger partial charge in [-0.05, 0) is 29.3 Å². The van der Waals surface area contributed by atoms with Crippen LogP contribution in [0.5, 0.6) is 0 Å². The fraction of sp³-hybridized carbons (Fsp3) is 0.160. The maximum absolute atomic E-state index is 11.8. The number of carboxylic acids is 1. The monoisotopic (exact) mass is 413 g/mol. The summed E-state index contributed by atoms with van der Waals surface area (Å²) >= 11 is 0. The molecule has 0 radical (unpaired) electrons. The minimum atomic E-state index is -1.10. The largest absolute Gasteiger partial charge is 0.476 e. The number of aldehydes is 1. The number of fused-ring (bicyclic) bond motifs is 1. The van der Waals surface area contributed by atoms with Gasteiger partial charge in [-0.2, -0.15) is 5.10 Å². The molecule has 3 aromatic rings. The normalized spacial score (nSPS) is 17.5. The van der Waals surface area contributed by atoms with E-state index < -0.39 is 11.4 Å². The second kappa shape index (κ2) is 8.07. The molecule has 0 amide bonds. The van der Waals surface area contributed by atoms with Crippen molar-refractivity contribution in [3.05, 3.63) is 94.8 Å². The van der Waals surface area contributed by atoms with Gasteiger partial charge >= 0.3 is 5.97 Å². The van der Waals surface area contributed by atoms with Crippen molar-refractivity contribution >= 4 is 30.2 Å². The number of hydrogen-bond donors (Lipinski definition) is 1. The molecule has 0 aliphatic heterocycles. The van der Waals surface area contributed by atoms with Crippen LogP contribution in [0.1, 0.15) is 32.9 Å². The molecule has 0 saturated carbocycles. The maximum atomic E-state index is 11.8. The molecule has 1 unspecified atom stereocenters. The molecule has 0 bridgehead atoms. The van der Waals surface area contributed by atoms with Crippen LogP contribution < -0.4 is 4.90 Å². The molecule has 1 heterocycles. The molecule has 6 heteroatoms. The number of aromatic carboxylic acids is 1. The van der Waals surface area contributed by atoms with Gasteiger partial charge in [0.2, 0.25) is 0 Å². The number of carboxylic acid groups (broad SMARTS) is 1. The second-order valence-corrected chi connectivity index (χ2v) is 7.73. The Morgan fingerprint density at radius 1 is 1.13 bits per heavy atom. The second-order valence-electron chi connectivity index (χ2n) is 7.73. The summed E-state index contributed by atoms with van der Waals surface area (Å²) in [7, 11) is 4.00. The molecule has 1 aliphatic rings. The third-order valence-corrected chi connectivity index (χ3v) is 5.71. The summed E-state index contributed by atoms with van der Waals surface area (Å²) in [4.78, 5) is 24.7. The zero-order valence-corrected chi connectivity index (χ0v) is 17.4. The maximum Gasteiger partial charge on any atom is 0.357 e. The summed E-state index contributed by atoms with van der Waals surface area (Å²) in [5.41, 5.74) is 4.05. The van der Waals surface area contributed by atoms with Crippen LogP contribution in [0.3, 0.4) is 0 Å². The van der Waals surface area contributed by atoms with Crippen LogP contribution in [0.2, 0.25) is 0 Å². The lowest BCUT2D eigenvalue weighted by molar-refractivity contribution is -0.104. The standard InChI is InChI=1S/C25H23N3O3/c1-27(2)20-11-6-10-19(16-20)25(18-8-4-3-5-9-18)13-12-21-22(17-25)28(14-7-15-29)26-23(21)24(30)31/h3-16H,17H2,1-2H3,(H,30,31). The predicted octanol–water partition coefficient (Wildman–Crippen LogP) is 3.87. The van der Waals surface area contributed by atoms with Gasteiger partial charge in [0.05, 0.1) is 5.69 Å². The molecule has 1 N–H and O–H groups in total. The Bertz CT molecular complexity index is 1190. The average molecular weight is 413 g/mol. The van der Waals surface area contributed by atoms with E-state index in [1.807, 2.05) is 44.4 Å². The molecule has 0 saturated heterocycles. The van der Waals surface area contributed by atoms with Crippen molar-refractivity contribution in [3.8, 4) is 0 Å². The van der Waals surface area contributed by atoms with Crippen LogP contribution in [-0.2, 0) is 16.6 Å². The van der Waals surface area contributed by atoms with Crippen LogP contribution in [0, 0.1) is 0 Å². The summed E-state index contributed by atoms with van der Waals surface area (Å²) in [6, 6.07) is 18.5. The topological polar surface area (TPSA) is 75.4 Å². The lowest BCUT2D eigenvalue weighted by atomic mass is 9.68. The number of carbonyl (C=O) groups excluding carboxylic acids is 1. The van der Waals surface area contributed by atoms with E-state index in [1.54, 1.807) is 0 Å². The first kappa shape index (κ1) is 20.3. The van der Waals surface area contributed by atoms with Crippen LogP contribution in [0.4, 0.5) is 5.69 Å². The van der Waals surface area contributed by atoms with E-state index in [0.717, 1.165) is 22.5 Å². The zero-order valence-electron chi connectivity index (χ0n) is 17.4. The van der Waals surface area contributed by atoms with E-state index in [1.165, 1.54) is 17.0 Å². The summed E-state index contributed by atoms with van der Waals surface area (Å²) < 4.78 is 1.50. The number of carbonyl (C=O) groups is 2.